The highest BCUT2D eigenvalue weighted by molar-refractivity contribution is 7.15. The summed E-state index contributed by atoms with van der Waals surface area (Å²) in [7, 11) is 1.29. The molecule has 35 heavy (non-hydrogen) atoms. The fourth-order valence-corrected chi connectivity index (χ4v) is 4.76. The van der Waals surface area contributed by atoms with E-state index < -0.39 is 24.1 Å². The van der Waals surface area contributed by atoms with E-state index in [0.29, 0.717) is 11.0 Å². The molecular formula is C22H23F3N6O3S. The van der Waals surface area contributed by atoms with Gasteiger partial charge in [0, 0.05) is 32.8 Å². The van der Waals surface area contributed by atoms with Gasteiger partial charge in [0.05, 0.1) is 0 Å². The Bertz CT molecular complexity index is 1120. The van der Waals surface area contributed by atoms with E-state index >= 15 is 0 Å². The average molecular weight is 509 g/mol. The van der Waals surface area contributed by atoms with Crippen molar-refractivity contribution in [3.63, 3.8) is 0 Å². The van der Waals surface area contributed by atoms with E-state index in [4.69, 9.17) is 4.74 Å². The Morgan fingerprint density at radius 1 is 1.20 bits per heavy atom. The Morgan fingerprint density at radius 2 is 2.00 bits per heavy atom. The third kappa shape index (κ3) is 6.85. The number of nitrogens with one attached hydrogen (secondary N) is 1. The van der Waals surface area contributed by atoms with Gasteiger partial charge in [-0.25, -0.2) is 0 Å². The summed E-state index contributed by atoms with van der Waals surface area (Å²) >= 11 is 1.27. The molecule has 1 fully saturated rings. The van der Waals surface area contributed by atoms with Crippen molar-refractivity contribution >= 4 is 28.2 Å². The molecule has 0 saturated carbocycles. The molecule has 1 N–H and O–H groups in total. The van der Waals surface area contributed by atoms with Crippen LogP contribution in [0.4, 0.5) is 24.1 Å². The normalized spacial score (nSPS) is 15.6. The van der Waals surface area contributed by atoms with E-state index in [1.165, 1.54) is 30.6 Å². The summed E-state index contributed by atoms with van der Waals surface area (Å²) in [6.45, 7) is 1.75. The lowest BCUT2D eigenvalue weighted by Crippen LogP contribution is -2.34. The van der Waals surface area contributed by atoms with Gasteiger partial charge in [-0.3, -0.25) is 10.1 Å². The Kier molecular flexibility index (Phi) is 7.76. The summed E-state index contributed by atoms with van der Waals surface area (Å²) in [6.07, 6.45) is -1.65. The standard InChI is InChI=1S/C22H23F3N6O3S/c1-33-19(15-4-2-5-16(13-15)34-22(23,24)25)20(32)27-21-30-29-18(35-21)12-14-7-10-31(11-8-14)17-6-3-9-26-28-17/h2-6,9,13-14,19H,7-8,10-12H2,1H3,(H,27,30,32)/t19-/m1/s1. The molecule has 0 spiro atoms. The van der Waals surface area contributed by atoms with Gasteiger partial charge < -0.3 is 14.4 Å². The topological polar surface area (TPSA) is 102 Å². The van der Waals surface area contributed by atoms with Crippen LogP contribution < -0.4 is 15.0 Å². The first-order valence-electron chi connectivity index (χ1n) is 10.8. The summed E-state index contributed by atoms with van der Waals surface area (Å²) in [4.78, 5) is 14.9. The zero-order valence-electron chi connectivity index (χ0n) is 18.7. The summed E-state index contributed by atoms with van der Waals surface area (Å²) < 4.78 is 46.7. The van der Waals surface area contributed by atoms with Crippen molar-refractivity contribution in [1.29, 1.82) is 0 Å². The van der Waals surface area contributed by atoms with Gasteiger partial charge in [-0.1, -0.05) is 23.5 Å². The predicted octanol–water partition coefficient (Wildman–Crippen LogP) is 4.01. The van der Waals surface area contributed by atoms with Gasteiger partial charge in [-0.05, 0) is 48.6 Å². The molecule has 0 radical (unpaired) electrons. The first kappa shape index (κ1) is 24.8. The molecule has 1 atom stereocenters. The third-order valence-electron chi connectivity index (χ3n) is 5.53. The van der Waals surface area contributed by atoms with E-state index in [9.17, 15) is 18.0 Å². The van der Waals surface area contributed by atoms with Crippen LogP contribution in [0.2, 0.25) is 0 Å². The van der Waals surface area contributed by atoms with Crippen molar-refractivity contribution in [3.8, 4) is 5.75 Å². The minimum Gasteiger partial charge on any atom is -0.406 e. The van der Waals surface area contributed by atoms with Crippen molar-refractivity contribution in [2.45, 2.75) is 31.7 Å². The zero-order valence-corrected chi connectivity index (χ0v) is 19.6. The van der Waals surface area contributed by atoms with Gasteiger partial charge in [0.2, 0.25) is 5.13 Å². The highest BCUT2D eigenvalue weighted by atomic mass is 32.1. The minimum atomic E-state index is -4.83. The number of ether oxygens (including phenoxy) is 2. The van der Waals surface area contributed by atoms with E-state index in [2.05, 4.69) is 35.3 Å². The number of rotatable bonds is 8. The molecule has 2 aromatic heterocycles. The second-order valence-electron chi connectivity index (χ2n) is 7.94. The fraction of sp³-hybridized carbons (Fsp3) is 0.409. The van der Waals surface area contributed by atoms with Crippen LogP contribution in [0.5, 0.6) is 5.75 Å². The summed E-state index contributed by atoms with van der Waals surface area (Å²) in [6, 6.07) is 8.91. The third-order valence-corrected chi connectivity index (χ3v) is 6.39. The maximum atomic E-state index is 12.7. The van der Waals surface area contributed by atoms with Crippen molar-refractivity contribution in [1.82, 2.24) is 20.4 Å². The highest BCUT2D eigenvalue weighted by Crippen LogP contribution is 2.29. The predicted molar refractivity (Wildman–Crippen MR) is 122 cm³/mol. The first-order chi connectivity index (χ1) is 16.8. The van der Waals surface area contributed by atoms with E-state index in [1.807, 2.05) is 12.1 Å². The molecule has 9 nitrogen and oxygen atoms in total. The van der Waals surface area contributed by atoms with Crippen LogP contribution in [-0.4, -0.2) is 52.9 Å². The lowest BCUT2D eigenvalue weighted by Gasteiger charge is -2.32. The van der Waals surface area contributed by atoms with Crippen molar-refractivity contribution < 1.29 is 27.4 Å². The number of nitrogens with zero attached hydrogens (tertiary/aromatic N) is 5. The summed E-state index contributed by atoms with van der Waals surface area (Å²) in [5.41, 5.74) is 0.214. The number of hydrogen-bond donors (Lipinski definition) is 1. The Balaban J connectivity index is 1.32. The second kappa shape index (κ2) is 11.0. The molecule has 1 amide bonds. The molecular weight excluding hydrogens is 485 g/mol. The SMILES string of the molecule is CO[C@@H](C(=O)Nc1nnc(CC2CCN(c3cccnn3)CC2)s1)c1cccc(OC(F)(F)F)c1. The Labute approximate surface area is 203 Å². The second-order valence-corrected chi connectivity index (χ2v) is 9.00. The van der Waals surface area contributed by atoms with Crippen LogP contribution in [0.1, 0.15) is 29.5 Å². The fourth-order valence-electron chi connectivity index (χ4n) is 3.90. The lowest BCUT2D eigenvalue weighted by atomic mass is 9.94. The number of carbonyl (C=O) groups is 1. The van der Waals surface area contributed by atoms with Gasteiger partial charge in [-0.15, -0.1) is 28.5 Å². The molecule has 1 aliphatic rings. The zero-order chi connectivity index (χ0) is 24.8. The van der Waals surface area contributed by atoms with E-state index in [1.54, 1.807) is 6.20 Å². The first-order valence-corrected chi connectivity index (χ1v) is 11.7. The Morgan fingerprint density at radius 3 is 2.69 bits per heavy atom. The van der Waals surface area contributed by atoms with Crippen molar-refractivity contribution in [3.05, 3.63) is 53.2 Å². The quantitative estimate of drug-likeness (QED) is 0.487. The molecule has 0 bridgehead atoms. The molecule has 13 heteroatoms. The number of alkyl halides is 3. The maximum Gasteiger partial charge on any atom is 0.573 e. The van der Waals surface area contributed by atoms with E-state index in [0.717, 1.165) is 55.3 Å². The van der Waals surface area contributed by atoms with Gasteiger partial charge in [-0.2, -0.15) is 5.10 Å². The average Bonchev–Trinajstić information content (AvgIpc) is 3.26. The molecule has 3 heterocycles. The van der Waals surface area contributed by atoms with Crippen LogP contribution in [-0.2, 0) is 16.0 Å². The van der Waals surface area contributed by atoms with Gasteiger partial charge in [0.15, 0.2) is 11.9 Å². The number of methoxy groups -OCH3 is 1. The van der Waals surface area contributed by atoms with Gasteiger partial charge >= 0.3 is 6.36 Å². The molecule has 4 rings (SSSR count). The molecule has 0 aliphatic carbocycles. The van der Waals surface area contributed by atoms with Crippen LogP contribution in [0, 0.1) is 5.92 Å². The van der Waals surface area contributed by atoms with Crippen molar-refractivity contribution in [2.75, 3.05) is 30.4 Å². The number of carbonyl (C=O) groups excluding carboxylic acids is 1. The smallest absolute Gasteiger partial charge is 0.406 e. The van der Waals surface area contributed by atoms with Crippen LogP contribution in [0.15, 0.2) is 42.6 Å². The molecule has 3 aromatic rings. The van der Waals surface area contributed by atoms with Crippen LogP contribution >= 0.6 is 11.3 Å². The highest BCUT2D eigenvalue weighted by Gasteiger charge is 2.32. The van der Waals surface area contributed by atoms with Crippen LogP contribution in [0.3, 0.4) is 0 Å². The number of amides is 1. The van der Waals surface area contributed by atoms with Gasteiger partial charge in [0.25, 0.3) is 5.91 Å². The lowest BCUT2D eigenvalue weighted by molar-refractivity contribution is -0.274. The number of piperidine rings is 1. The summed E-state index contributed by atoms with van der Waals surface area (Å²) in [5.74, 6) is 0.294. The number of halogens is 3. The Hall–Kier alpha value is -3.32. The molecule has 1 saturated heterocycles. The van der Waals surface area contributed by atoms with Gasteiger partial charge in [0.1, 0.15) is 10.8 Å². The molecule has 186 valence electrons. The monoisotopic (exact) mass is 508 g/mol. The maximum absolute atomic E-state index is 12.7. The van der Waals surface area contributed by atoms with E-state index in [-0.39, 0.29) is 5.56 Å². The number of hydrogen-bond acceptors (Lipinski definition) is 9. The largest absolute Gasteiger partial charge is 0.573 e. The molecule has 0 unspecified atom stereocenters. The van der Waals surface area contributed by atoms with Crippen LogP contribution in [0.25, 0.3) is 0 Å². The number of anilines is 2. The minimum absolute atomic E-state index is 0.214. The molecule has 1 aromatic carbocycles. The number of aromatic nitrogens is 4. The number of benzene rings is 1. The molecule has 1 aliphatic heterocycles. The summed E-state index contributed by atoms with van der Waals surface area (Å²) in [5, 5.41) is 20.0. The van der Waals surface area contributed by atoms with Crippen molar-refractivity contribution in [2.24, 2.45) is 5.92 Å².